The molecular weight excluding hydrogens is 307 g/mol. The van der Waals surface area contributed by atoms with Gasteiger partial charge in [-0.25, -0.2) is 4.98 Å². The second kappa shape index (κ2) is 7.19. The Kier molecular flexibility index (Phi) is 5.54. The first-order chi connectivity index (χ1) is 9.94. The number of amides is 1. The minimum atomic E-state index is -4.43. The van der Waals surface area contributed by atoms with Crippen LogP contribution in [0, 0.1) is 0 Å². The lowest BCUT2D eigenvalue weighted by molar-refractivity contribution is -0.174. The standard InChI is InChI=1S/C12H16F3N3O2S/c13-12(14,15)7-20-6-10(19)18-11-17-5-9(21-11)8-1-3-16-4-2-8/h5,8,16H,1-4,6-7H2,(H,17,18,19). The van der Waals surface area contributed by atoms with E-state index >= 15 is 0 Å². The van der Waals surface area contributed by atoms with Gasteiger partial charge in [0.25, 0.3) is 5.91 Å². The summed E-state index contributed by atoms with van der Waals surface area (Å²) in [6, 6.07) is 0. The fourth-order valence-corrected chi connectivity index (χ4v) is 3.06. The molecule has 1 aliphatic rings. The molecule has 0 bridgehead atoms. The maximum atomic E-state index is 11.9. The summed E-state index contributed by atoms with van der Waals surface area (Å²) in [6.07, 6.45) is -0.676. The van der Waals surface area contributed by atoms with Crippen LogP contribution in [0.15, 0.2) is 6.20 Å². The molecule has 1 aliphatic heterocycles. The number of ether oxygens (including phenoxy) is 1. The molecule has 2 rings (SSSR count). The van der Waals surface area contributed by atoms with Crippen molar-refractivity contribution in [2.45, 2.75) is 24.9 Å². The second-order valence-electron chi connectivity index (χ2n) is 4.75. The Bertz CT molecular complexity index is 473. The summed E-state index contributed by atoms with van der Waals surface area (Å²) in [6.45, 7) is -0.161. The highest BCUT2D eigenvalue weighted by atomic mass is 32.1. The Morgan fingerprint density at radius 3 is 2.86 bits per heavy atom. The monoisotopic (exact) mass is 323 g/mol. The number of piperidine rings is 1. The van der Waals surface area contributed by atoms with Gasteiger partial charge in [0.05, 0.1) is 0 Å². The van der Waals surface area contributed by atoms with Crippen LogP contribution in [0.2, 0.25) is 0 Å². The predicted molar refractivity (Wildman–Crippen MR) is 72.5 cm³/mol. The van der Waals surface area contributed by atoms with Gasteiger partial charge in [0, 0.05) is 11.1 Å². The Hall–Kier alpha value is -1.19. The second-order valence-corrected chi connectivity index (χ2v) is 5.81. The zero-order valence-electron chi connectivity index (χ0n) is 11.2. The molecular formula is C12H16F3N3O2S. The van der Waals surface area contributed by atoms with Gasteiger partial charge in [0.1, 0.15) is 13.2 Å². The number of aromatic nitrogens is 1. The minimum absolute atomic E-state index is 0.393. The number of rotatable bonds is 5. The summed E-state index contributed by atoms with van der Waals surface area (Å²) < 4.78 is 39.9. The molecule has 1 amide bonds. The molecule has 0 radical (unpaired) electrons. The molecule has 5 nitrogen and oxygen atoms in total. The summed E-state index contributed by atoms with van der Waals surface area (Å²) in [5, 5.41) is 6.11. The SMILES string of the molecule is O=C(COCC(F)(F)F)Nc1ncc(C2CCNCC2)s1. The summed E-state index contributed by atoms with van der Waals surface area (Å²) in [4.78, 5) is 16.6. The number of hydrogen-bond acceptors (Lipinski definition) is 5. The molecule has 118 valence electrons. The van der Waals surface area contributed by atoms with Gasteiger partial charge < -0.3 is 10.1 Å². The average Bonchev–Trinajstić information content (AvgIpc) is 2.86. The first kappa shape index (κ1) is 16.2. The van der Waals surface area contributed by atoms with Crippen LogP contribution in [-0.2, 0) is 9.53 Å². The van der Waals surface area contributed by atoms with E-state index in [2.05, 4.69) is 20.4 Å². The van der Waals surface area contributed by atoms with Crippen molar-refractivity contribution in [3.8, 4) is 0 Å². The lowest BCUT2D eigenvalue weighted by Gasteiger charge is -2.20. The third kappa shape index (κ3) is 5.60. The summed E-state index contributed by atoms with van der Waals surface area (Å²) in [5.74, 6) is -0.207. The quantitative estimate of drug-likeness (QED) is 0.871. The molecule has 2 N–H and O–H groups in total. The van der Waals surface area contributed by atoms with Crippen molar-refractivity contribution in [2.24, 2.45) is 0 Å². The third-order valence-corrected chi connectivity index (χ3v) is 4.09. The first-order valence-corrected chi connectivity index (χ1v) is 7.36. The molecule has 0 atom stereocenters. The van der Waals surface area contributed by atoms with Gasteiger partial charge in [0.2, 0.25) is 0 Å². The van der Waals surface area contributed by atoms with Crippen molar-refractivity contribution >= 4 is 22.4 Å². The lowest BCUT2D eigenvalue weighted by Crippen LogP contribution is -2.26. The molecule has 21 heavy (non-hydrogen) atoms. The van der Waals surface area contributed by atoms with E-state index in [0.717, 1.165) is 30.8 Å². The number of nitrogens with zero attached hydrogens (tertiary/aromatic N) is 1. The molecule has 2 heterocycles. The van der Waals surface area contributed by atoms with E-state index in [-0.39, 0.29) is 0 Å². The van der Waals surface area contributed by atoms with Crippen LogP contribution in [0.3, 0.4) is 0 Å². The number of alkyl halides is 3. The van der Waals surface area contributed by atoms with Crippen LogP contribution in [-0.4, -0.2) is 43.4 Å². The number of hydrogen-bond donors (Lipinski definition) is 2. The zero-order chi connectivity index (χ0) is 15.3. The normalized spacial score (nSPS) is 16.9. The highest BCUT2D eigenvalue weighted by Gasteiger charge is 2.27. The molecule has 0 aliphatic carbocycles. The first-order valence-electron chi connectivity index (χ1n) is 6.55. The minimum Gasteiger partial charge on any atom is -0.362 e. The van der Waals surface area contributed by atoms with Crippen molar-refractivity contribution in [1.29, 1.82) is 0 Å². The number of nitrogens with one attached hydrogen (secondary N) is 2. The van der Waals surface area contributed by atoms with Crippen molar-refractivity contribution in [1.82, 2.24) is 10.3 Å². The van der Waals surface area contributed by atoms with Crippen molar-refractivity contribution in [2.75, 3.05) is 31.6 Å². The molecule has 0 aromatic carbocycles. The molecule has 1 aromatic rings. The number of carbonyl (C=O) groups excluding carboxylic acids is 1. The smallest absolute Gasteiger partial charge is 0.362 e. The van der Waals surface area contributed by atoms with E-state index in [1.54, 1.807) is 6.20 Å². The Morgan fingerprint density at radius 2 is 2.19 bits per heavy atom. The van der Waals surface area contributed by atoms with E-state index < -0.39 is 25.3 Å². The van der Waals surface area contributed by atoms with Crippen LogP contribution < -0.4 is 10.6 Å². The summed E-state index contributed by atoms with van der Waals surface area (Å²) in [5.41, 5.74) is 0. The van der Waals surface area contributed by atoms with Gasteiger partial charge >= 0.3 is 6.18 Å². The Morgan fingerprint density at radius 1 is 1.48 bits per heavy atom. The van der Waals surface area contributed by atoms with Crippen LogP contribution >= 0.6 is 11.3 Å². The van der Waals surface area contributed by atoms with E-state index in [0.29, 0.717) is 11.0 Å². The topological polar surface area (TPSA) is 63.2 Å². The van der Waals surface area contributed by atoms with Crippen molar-refractivity contribution in [3.63, 3.8) is 0 Å². The summed E-state index contributed by atoms with van der Waals surface area (Å²) in [7, 11) is 0. The Balaban J connectivity index is 1.77. The lowest BCUT2D eigenvalue weighted by atomic mass is 9.97. The fourth-order valence-electron chi connectivity index (χ4n) is 2.05. The number of thiazole rings is 1. The highest BCUT2D eigenvalue weighted by molar-refractivity contribution is 7.15. The zero-order valence-corrected chi connectivity index (χ0v) is 12.0. The maximum Gasteiger partial charge on any atom is 0.411 e. The van der Waals surface area contributed by atoms with Crippen LogP contribution in [0.25, 0.3) is 0 Å². The van der Waals surface area contributed by atoms with E-state index in [1.165, 1.54) is 11.3 Å². The highest BCUT2D eigenvalue weighted by Crippen LogP contribution is 2.31. The molecule has 0 unspecified atom stereocenters. The van der Waals surface area contributed by atoms with Crippen molar-refractivity contribution < 1.29 is 22.7 Å². The van der Waals surface area contributed by atoms with E-state index in [1.807, 2.05) is 0 Å². The average molecular weight is 323 g/mol. The molecule has 1 aromatic heterocycles. The van der Waals surface area contributed by atoms with Gasteiger partial charge in [-0.15, -0.1) is 11.3 Å². The number of anilines is 1. The van der Waals surface area contributed by atoms with E-state index in [4.69, 9.17) is 0 Å². The van der Waals surface area contributed by atoms with Gasteiger partial charge in [-0.2, -0.15) is 13.2 Å². The molecule has 0 saturated carbocycles. The van der Waals surface area contributed by atoms with Crippen LogP contribution in [0.5, 0.6) is 0 Å². The summed E-state index contributed by atoms with van der Waals surface area (Å²) >= 11 is 1.36. The maximum absolute atomic E-state index is 11.9. The number of carbonyl (C=O) groups is 1. The van der Waals surface area contributed by atoms with E-state index in [9.17, 15) is 18.0 Å². The number of halogens is 3. The van der Waals surface area contributed by atoms with Gasteiger partial charge in [0.15, 0.2) is 5.13 Å². The Labute approximate surface area is 123 Å². The van der Waals surface area contributed by atoms with Crippen LogP contribution in [0.1, 0.15) is 23.6 Å². The predicted octanol–water partition coefficient (Wildman–Crippen LogP) is 2.13. The van der Waals surface area contributed by atoms with Crippen molar-refractivity contribution in [3.05, 3.63) is 11.1 Å². The molecule has 0 spiro atoms. The van der Waals surface area contributed by atoms with Gasteiger partial charge in [-0.3, -0.25) is 10.1 Å². The fraction of sp³-hybridized carbons (Fsp3) is 0.667. The van der Waals surface area contributed by atoms with Gasteiger partial charge in [-0.05, 0) is 31.8 Å². The molecule has 1 saturated heterocycles. The molecule has 9 heteroatoms. The largest absolute Gasteiger partial charge is 0.411 e. The van der Waals surface area contributed by atoms with Crippen LogP contribution in [0.4, 0.5) is 18.3 Å². The third-order valence-electron chi connectivity index (χ3n) is 3.01. The van der Waals surface area contributed by atoms with Gasteiger partial charge in [-0.1, -0.05) is 0 Å². The molecule has 1 fully saturated rings.